The maximum Gasteiger partial charge on any atom is 0.308 e. The fourth-order valence-electron chi connectivity index (χ4n) is 1.72. The molecule has 1 unspecified atom stereocenters. The molecule has 0 saturated heterocycles. The quantitative estimate of drug-likeness (QED) is 0.873. The van der Waals surface area contributed by atoms with Crippen LogP contribution in [0.25, 0.3) is 0 Å². The Balaban J connectivity index is 2.47. The van der Waals surface area contributed by atoms with Crippen molar-refractivity contribution in [1.82, 2.24) is 4.90 Å². The van der Waals surface area contributed by atoms with Crippen molar-refractivity contribution in [1.29, 1.82) is 0 Å². The normalized spacial score (nSPS) is 11.9. The van der Waals surface area contributed by atoms with Crippen molar-refractivity contribution in [3.05, 3.63) is 34.3 Å². The molecule has 0 spiro atoms. The van der Waals surface area contributed by atoms with E-state index in [0.717, 1.165) is 10.0 Å². The summed E-state index contributed by atoms with van der Waals surface area (Å²) in [6, 6.07) is 7.77. The van der Waals surface area contributed by atoms with E-state index in [2.05, 4.69) is 15.9 Å². The summed E-state index contributed by atoms with van der Waals surface area (Å²) in [5, 5.41) is 8.81. The zero-order valence-corrected chi connectivity index (χ0v) is 12.7. The van der Waals surface area contributed by atoms with Crippen LogP contribution in [0.15, 0.2) is 28.7 Å². The first kappa shape index (κ1) is 15.7. The lowest BCUT2D eigenvalue weighted by molar-refractivity contribution is -0.142. The van der Waals surface area contributed by atoms with Crippen LogP contribution in [0, 0.1) is 5.92 Å². The SMILES string of the molecule is CC(CN(C)C(=O)CCc1ccccc1Br)C(=O)O. The van der Waals surface area contributed by atoms with E-state index in [1.54, 1.807) is 14.0 Å². The lowest BCUT2D eigenvalue weighted by atomic mass is 10.1. The second-order valence-electron chi connectivity index (χ2n) is 4.60. The van der Waals surface area contributed by atoms with Gasteiger partial charge in [-0.2, -0.15) is 0 Å². The highest BCUT2D eigenvalue weighted by Gasteiger charge is 2.17. The molecule has 1 atom stereocenters. The molecule has 0 bridgehead atoms. The monoisotopic (exact) mass is 327 g/mol. The Bertz CT molecular complexity index is 462. The molecule has 1 aromatic carbocycles. The highest BCUT2D eigenvalue weighted by molar-refractivity contribution is 9.10. The minimum Gasteiger partial charge on any atom is -0.481 e. The minimum atomic E-state index is -0.884. The molecule has 0 radical (unpaired) electrons. The molecule has 1 aromatic rings. The van der Waals surface area contributed by atoms with Gasteiger partial charge in [-0.15, -0.1) is 0 Å². The summed E-state index contributed by atoms with van der Waals surface area (Å²) in [6.07, 6.45) is 1.03. The first-order chi connectivity index (χ1) is 8.91. The highest BCUT2D eigenvalue weighted by Crippen LogP contribution is 2.17. The third-order valence-corrected chi connectivity index (χ3v) is 3.73. The number of nitrogens with zero attached hydrogens (tertiary/aromatic N) is 1. The fourth-order valence-corrected chi connectivity index (χ4v) is 2.21. The number of rotatable bonds is 6. The molecule has 19 heavy (non-hydrogen) atoms. The van der Waals surface area contributed by atoms with Gasteiger partial charge in [-0.05, 0) is 18.1 Å². The van der Waals surface area contributed by atoms with E-state index in [1.165, 1.54) is 4.90 Å². The average molecular weight is 328 g/mol. The van der Waals surface area contributed by atoms with Crippen LogP contribution in [-0.2, 0) is 16.0 Å². The van der Waals surface area contributed by atoms with Gasteiger partial charge in [-0.25, -0.2) is 0 Å². The molecule has 1 amide bonds. The number of aryl methyl sites for hydroxylation is 1. The van der Waals surface area contributed by atoms with Crippen molar-refractivity contribution in [2.75, 3.05) is 13.6 Å². The first-order valence-corrected chi connectivity index (χ1v) is 6.91. The largest absolute Gasteiger partial charge is 0.481 e. The molecule has 1 rings (SSSR count). The number of carbonyl (C=O) groups excluding carboxylic acids is 1. The van der Waals surface area contributed by atoms with Crippen LogP contribution in [0.4, 0.5) is 0 Å². The summed E-state index contributed by atoms with van der Waals surface area (Å²) >= 11 is 3.44. The number of carboxylic acids is 1. The van der Waals surface area contributed by atoms with Crippen LogP contribution in [-0.4, -0.2) is 35.5 Å². The molecule has 0 heterocycles. The van der Waals surface area contributed by atoms with Crippen molar-refractivity contribution in [2.24, 2.45) is 5.92 Å². The molecule has 0 aliphatic rings. The number of amides is 1. The predicted molar refractivity (Wildman–Crippen MR) is 76.9 cm³/mol. The van der Waals surface area contributed by atoms with Gasteiger partial charge in [0, 0.05) is 24.5 Å². The Morgan fingerprint density at radius 3 is 2.58 bits per heavy atom. The highest BCUT2D eigenvalue weighted by atomic mass is 79.9. The smallest absolute Gasteiger partial charge is 0.308 e. The number of carboxylic acid groups (broad SMARTS) is 1. The lowest BCUT2D eigenvalue weighted by Crippen LogP contribution is -2.33. The standard InChI is InChI=1S/C14H18BrNO3/c1-10(14(18)19)9-16(2)13(17)8-7-11-5-3-4-6-12(11)15/h3-6,10H,7-9H2,1-2H3,(H,18,19). The van der Waals surface area contributed by atoms with Crippen LogP contribution >= 0.6 is 15.9 Å². The van der Waals surface area contributed by atoms with Gasteiger partial charge in [0.05, 0.1) is 5.92 Å². The Morgan fingerprint density at radius 2 is 2.00 bits per heavy atom. The summed E-state index contributed by atoms with van der Waals surface area (Å²) < 4.78 is 0.990. The second kappa shape index (κ2) is 7.28. The van der Waals surface area contributed by atoms with Gasteiger partial charge in [0.2, 0.25) is 5.91 Å². The summed E-state index contributed by atoms with van der Waals surface area (Å²) in [6.45, 7) is 1.84. The van der Waals surface area contributed by atoms with E-state index < -0.39 is 11.9 Å². The van der Waals surface area contributed by atoms with Crippen LogP contribution < -0.4 is 0 Å². The third-order valence-electron chi connectivity index (χ3n) is 2.96. The van der Waals surface area contributed by atoms with Crippen molar-refractivity contribution < 1.29 is 14.7 Å². The van der Waals surface area contributed by atoms with E-state index in [0.29, 0.717) is 12.8 Å². The maximum atomic E-state index is 11.9. The van der Waals surface area contributed by atoms with Crippen LogP contribution in [0.3, 0.4) is 0 Å². The zero-order valence-electron chi connectivity index (χ0n) is 11.1. The average Bonchev–Trinajstić information content (AvgIpc) is 2.37. The number of benzene rings is 1. The van der Waals surface area contributed by atoms with Crippen molar-refractivity contribution >= 4 is 27.8 Å². The molecule has 0 saturated carbocycles. The zero-order chi connectivity index (χ0) is 14.4. The first-order valence-electron chi connectivity index (χ1n) is 6.12. The summed E-state index contributed by atoms with van der Waals surface area (Å²) in [7, 11) is 1.64. The molecule has 1 N–H and O–H groups in total. The van der Waals surface area contributed by atoms with E-state index in [1.807, 2.05) is 24.3 Å². The predicted octanol–water partition coefficient (Wildman–Crippen LogP) is 2.56. The van der Waals surface area contributed by atoms with E-state index in [9.17, 15) is 9.59 Å². The van der Waals surface area contributed by atoms with Gasteiger partial charge in [0.15, 0.2) is 0 Å². The minimum absolute atomic E-state index is 0.0381. The van der Waals surface area contributed by atoms with Crippen molar-refractivity contribution in [3.63, 3.8) is 0 Å². The molecule has 4 nitrogen and oxygen atoms in total. The molecule has 104 valence electrons. The molecule has 0 aliphatic carbocycles. The maximum absolute atomic E-state index is 11.9. The molecular formula is C14H18BrNO3. The van der Waals surface area contributed by atoms with Crippen LogP contribution in [0.1, 0.15) is 18.9 Å². The molecule has 5 heteroatoms. The summed E-state index contributed by atoms with van der Waals surface area (Å²) in [5.74, 6) is -1.47. The topological polar surface area (TPSA) is 57.6 Å². The van der Waals surface area contributed by atoms with Gasteiger partial charge in [-0.3, -0.25) is 9.59 Å². The van der Waals surface area contributed by atoms with Gasteiger partial charge in [0.25, 0.3) is 0 Å². The van der Waals surface area contributed by atoms with Gasteiger partial charge in [-0.1, -0.05) is 41.1 Å². The van der Waals surface area contributed by atoms with Crippen molar-refractivity contribution in [2.45, 2.75) is 19.8 Å². The Labute approximate surface area is 121 Å². The fraction of sp³-hybridized carbons (Fsp3) is 0.429. The third kappa shape index (κ3) is 5.03. The Morgan fingerprint density at radius 1 is 1.37 bits per heavy atom. The Hall–Kier alpha value is -1.36. The van der Waals surface area contributed by atoms with Crippen molar-refractivity contribution in [3.8, 4) is 0 Å². The van der Waals surface area contributed by atoms with Crippen LogP contribution in [0.5, 0.6) is 0 Å². The van der Waals surface area contributed by atoms with E-state index in [4.69, 9.17) is 5.11 Å². The van der Waals surface area contributed by atoms with Gasteiger partial charge >= 0.3 is 5.97 Å². The Kier molecular flexibility index (Phi) is 6.02. The van der Waals surface area contributed by atoms with E-state index in [-0.39, 0.29) is 12.5 Å². The number of carbonyl (C=O) groups is 2. The number of hydrogen-bond acceptors (Lipinski definition) is 2. The van der Waals surface area contributed by atoms with Gasteiger partial charge < -0.3 is 10.0 Å². The second-order valence-corrected chi connectivity index (χ2v) is 5.46. The molecule has 0 aliphatic heterocycles. The summed E-state index contributed by atoms with van der Waals surface area (Å²) in [5.41, 5.74) is 1.08. The number of halogens is 1. The summed E-state index contributed by atoms with van der Waals surface area (Å²) in [4.78, 5) is 24.1. The van der Waals surface area contributed by atoms with Gasteiger partial charge in [0.1, 0.15) is 0 Å². The number of aliphatic carboxylic acids is 1. The molecular weight excluding hydrogens is 310 g/mol. The van der Waals surface area contributed by atoms with E-state index >= 15 is 0 Å². The lowest BCUT2D eigenvalue weighted by Gasteiger charge is -2.19. The van der Waals surface area contributed by atoms with Crippen LogP contribution in [0.2, 0.25) is 0 Å². The number of hydrogen-bond donors (Lipinski definition) is 1. The molecule has 0 aromatic heterocycles. The molecule has 0 fully saturated rings.